The van der Waals surface area contributed by atoms with Crippen molar-refractivity contribution in [3.05, 3.63) is 76.4 Å². The highest BCUT2D eigenvalue weighted by Crippen LogP contribution is 2.26. The van der Waals surface area contributed by atoms with Crippen LogP contribution in [-0.2, 0) is 6.54 Å². The fraction of sp³-hybridized carbons (Fsp3) is 0.0588. The van der Waals surface area contributed by atoms with Crippen LogP contribution in [0.3, 0.4) is 0 Å². The van der Waals surface area contributed by atoms with Crippen LogP contribution in [0.2, 0.25) is 10.0 Å². The number of para-hydroxylation sites is 1. The molecule has 2 aromatic carbocycles. The van der Waals surface area contributed by atoms with Gasteiger partial charge in [-0.1, -0.05) is 60.1 Å². The van der Waals surface area contributed by atoms with Gasteiger partial charge in [-0.3, -0.25) is 0 Å². The molecule has 0 aliphatic rings. The van der Waals surface area contributed by atoms with Gasteiger partial charge in [0.15, 0.2) is 0 Å². The first-order valence-electron chi connectivity index (χ1n) is 6.33. The third kappa shape index (κ3) is 2.35. The van der Waals surface area contributed by atoms with Gasteiger partial charge in [-0.15, -0.1) is 0 Å². The van der Waals surface area contributed by atoms with Crippen molar-refractivity contribution < 1.29 is 0 Å². The Labute approximate surface area is 128 Å². The molecule has 0 saturated heterocycles. The number of fused-ring (bicyclic) bond motifs is 1. The Kier molecular flexibility index (Phi) is 3.56. The number of halogens is 2. The number of rotatable bonds is 3. The third-order valence-corrected chi connectivity index (χ3v) is 4.12. The molecule has 0 N–H and O–H groups in total. The van der Waals surface area contributed by atoms with Crippen molar-refractivity contribution in [2.75, 3.05) is 0 Å². The van der Waals surface area contributed by atoms with Gasteiger partial charge in [0.05, 0.1) is 10.0 Å². The summed E-state index contributed by atoms with van der Waals surface area (Å²) in [5.74, 6) is 0. The van der Waals surface area contributed by atoms with E-state index in [1.54, 1.807) is 0 Å². The Morgan fingerprint density at radius 3 is 2.60 bits per heavy atom. The molecule has 100 valence electrons. The van der Waals surface area contributed by atoms with Gasteiger partial charge in [0.1, 0.15) is 0 Å². The lowest BCUT2D eigenvalue weighted by atomic mass is 10.2. The van der Waals surface area contributed by atoms with E-state index in [-0.39, 0.29) is 0 Å². The first-order chi connectivity index (χ1) is 9.69. The first-order valence-corrected chi connectivity index (χ1v) is 7.09. The van der Waals surface area contributed by atoms with Gasteiger partial charge in [-0.2, -0.15) is 0 Å². The van der Waals surface area contributed by atoms with E-state index < -0.39 is 0 Å². The SMILES string of the molecule is C=Cc1cn(Cc2ccc(Cl)c(Cl)c2)c2ccccc12. The summed E-state index contributed by atoms with van der Waals surface area (Å²) in [6, 6.07) is 14.0. The molecule has 0 aliphatic carbocycles. The topological polar surface area (TPSA) is 4.93 Å². The van der Waals surface area contributed by atoms with Crippen LogP contribution < -0.4 is 0 Å². The third-order valence-electron chi connectivity index (χ3n) is 3.38. The Balaban J connectivity index is 2.06. The molecule has 1 nitrogen and oxygen atoms in total. The summed E-state index contributed by atoms with van der Waals surface area (Å²) in [5, 5.41) is 2.38. The monoisotopic (exact) mass is 301 g/mol. The van der Waals surface area contributed by atoms with Gasteiger partial charge in [-0.05, 0) is 29.3 Å². The summed E-state index contributed by atoms with van der Waals surface area (Å²) >= 11 is 12.0. The summed E-state index contributed by atoms with van der Waals surface area (Å²) in [4.78, 5) is 0. The van der Waals surface area contributed by atoms with Crippen LogP contribution in [0.5, 0.6) is 0 Å². The maximum absolute atomic E-state index is 6.07. The average Bonchev–Trinajstić information content (AvgIpc) is 2.81. The second-order valence-electron chi connectivity index (χ2n) is 4.68. The minimum absolute atomic E-state index is 0.583. The molecule has 0 saturated carbocycles. The van der Waals surface area contributed by atoms with E-state index in [1.165, 1.54) is 10.9 Å². The lowest BCUT2D eigenvalue weighted by Gasteiger charge is -2.06. The second-order valence-corrected chi connectivity index (χ2v) is 5.50. The van der Waals surface area contributed by atoms with Crippen LogP contribution in [0.25, 0.3) is 17.0 Å². The number of benzene rings is 2. The van der Waals surface area contributed by atoms with E-state index >= 15 is 0 Å². The molecule has 1 aromatic heterocycles. The zero-order valence-electron chi connectivity index (χ0n) is 10.8. The summed E-state index contributed by atoms with van der Waals surface area (Å²) in [6.45, 7) is 4.63. The zero-order chi connectivity index (χ0) is 14.1. The van der Waals surface area contributed by atoms with Crippen molar-refractivity contribution in [3.8, 4) is 0 Å². The van der Waals surface area contributed by atoms with Crippen LogP contribution in [-0.4, -0.2) is 4.57 Å². The van der Waals surface area contributed by atoms with Crippen molar-refractivity contribution in [2.24, 2.45) is 0 Å². The van der Waals surface area contributed by atoms with Gasteiger partial charge in [-0.25, -0.2) is 0 Å². The van der Waals surface area contributed by atoms with Gasteiger partial charge in [0, 0.05) is 23.6 Å². The molecule has 0 bridgehead atoms. The Hall–Kier alpha value is -1.70. The van der Waals surface area contributed by atoms with Gasteiger partial charge in [0.25, 0.3) is 0 Å². The molecule has 0 amide bonds. The molecule has 0 fully saturated rings. The van der Waals surface area contributed by atoms with E-state index in [1.807, 2.05) is 36.4 Å². The first kappa shape index (κ1) is 13.3. The van der Waals surface area contributed by atoms with E-state index in [0.717, 1.165) is 17.7 Å². The summed E-state index contributed by atoms with van der Waals surface area (Å²) in [6.07, 6.45) is 3.99. The van der Waals surface area contributed by atoms with Gasteiger partial charge >= 0.3 is 0 Å². The normalized spacial score (nSPS) is 10.9. The van der Waals surface area contributed by atoms with Gasteiger partial charge in [0.2, 0.25) is 0 Å². The van der Waals surface area contributed by atoms with Gasteiger partial charge < -0.3 is 4.57 Å². The van der Waals surface area contributed by atoms with Crippen molar-refractivity contribution in [2.45, 2.75) is 6.54 Å². The summed E-state index contributed by atoms with van der Waals surface area (Å²) in [7, 11) is 0. The van der Waals surface area contributed by atoms with E-state index in [2.05, 4.69) is 29.5 Å². The summed E-state index contributed by atoms with van der Waals surface area (Å²) in [5.41, 5.74) is 3.45. The predicted molar refractivity (Wildman–Crippen MR) is 87.6 cm³/mol. The predicted octanol–water partition coefficient (Wildman–Crippen LogP) is 5.64. The average molecular weight is 302 g/mol. The minimum Gasteiger partial charge on any atom is -0.342 e. The van der Waals surface area contributed by atoms with Crippen LogP contribution in [0, 0.1) is 0 Å². The number of hydrogen-bond donors (Lipinski definition) is 0. The maximum Gasteiger partial charge on any atom is 0.0595 e. The molecule has 0 unspecified atom stereocenters. The number of aromatic nitrogens is 1. The minimum atomic E-state index is 0.583. The molecule has 1 heterocycles. The summed E-state index contributed by atoms with van der Waals surface area (Å²) < 4.78 is 2.20. The molecule has 0 radical (unpaired) electrons. The van der Waals surface area contributed by atoms with E-state index in [0.29, 0.717) is 10.0 Å². The molecule has 0 atom stereocenters. The smallest absolute Gasteiger partial charge is 0.0595 e. The highest BCUT2D eigenvalue weighted by molar-refractivity contribution is 6.42. The van der Waals surface area contributed by atoms with Crippen LogP contribution in [0.15, 0.2) is 55.2 Å². The zero-order valence-corrected chi connectivity index (χ0v) is 12.3. The molecule has 20 heavy (non-hydrogen) atoms. The Bertz CT molecular complexity index is 787. The second kappa shape index (κ2) is 5.35. The van der Waals surface area contributed by atoms with Crippen molar-refractivity contribution in [1.29, 1.82) is 0 Å². The van der Waals surface area contributed by atoms with Crippen molar-refractivity contribution >= 4 is 40.2 Å². The largest absolute Gasteiger partial charge is 0.342 e. The van der Waals surface area contributed by atoms with Crippen molar-refractivity contribution in [1.82, 2.24) is 4.57 Å². The van der Waals surface area contributed by atoms with Crippen LogP contribution >= 0.6 is 23.2 Å². The van der Waals surface area contributed by atoms with Crippen LogP contribution in [0.1, 0.15) is 11.1 Å². The standard InChI is InChI=1S/C17H13Cl2N/c1-2-13-11-20(17-6-4-3-5-14(13)17)10-12-7-8-15(18)16(19)9-12/h2-9,11H,1,10H2. The lowest BCUT2D eigenvalue weighted by Crippen LogP contribution is -1.97. The number of nitrogens with zero attached hydrogens (tertiary/aromatic N) is 1. The molecular weight excluding hydrogens is 289 g/mol. The highest BCUT2D eigenvalue weighted by Gasteiger charge is 2.07. The molecule has 3 aromatic rings. The number of hydrogen-bond acceptors (Lipinski definition) is 0. The molecular formula is C17H13Cl2N. The van der Waals surface area contributed by atoms with Crippen LogP contribution in [0.4, 0.5) is 0 Å². The fourth-order valence-electron chi connectivity index (χ4n) is 2.40. The highest BCUT2D eigenvalue weighted by atomic mass is 35.5. The molecule has 0 spiro atoms. The van der Waals surface area contributed by atoms with E-state index in [9.17, 15) is 0 Å². The quantitative estimate of drug-likeness (QED) is 0.590. The fourth-order valence-corrected chi connectivity index (χ4v) is 2.72. The maximum atomic E-state index is 6.07. The Morgan fingerprint density at radius 1 is 1.05 bits per heavy atom. The van der Waals surface area contributed by atoms with E-state index in [4.69, 9.17) is 23.2 Å². The van der Waals surface area contributed by atoms with Crippen molar-refractivity contribution in [3.63, 3.8) is 0 Å². The molecule has 3 heteroatoms. The molecule has 3 rings (SSSR count). The Morgan fingerprint density at radius 2 is 1.85 bits per heavy atom. The lowest BCUT2D eigenvalue weighted by molar-refractivity contribution is 0.836. The molecule has 0 aliphatic heterocycles.